The molecule has 114 valence electrons. The maximum absolute atomic E-state index is 12.8. The molecule has 23 heavy (non-hydrogen) atoms. The van der Waals surface area contributed by atoms with Crippen LogP contribution in [0.4, 0.5) is 5.69 Å². The van der Waals surface area contributed by atoms with Gasteiger partial charge in [0.2, 0.25) is 5.91 Å². The van der Waals surface area contributed by atoms with Crippen molar-refractivity contribution in [2.24, 2.45) is 0 Å². The van der Waals surface area contributed by atoms with Gasteiger partial charge in [-0.2, -0.15) is 0 Å². The van der Waals surface area contributed by atoms with Crippen molar-refractivity contribution >= 4 is 44.5 Å². The third-order valence-corrected chi connectivity index (χ3v) is 4.50. The van der Waals surface area contributed by atoms with Crippen molar-refractivity contribution in [2.75, 3.05) is 4.90 Å². The molecule has 1 aliphatic heterocycles. The SMILES string of the molecule is O=C1CC(n2cnc3ccccc32)C(=O)N1c1cccc(Br)c1. The number of aromatic nitrogens is 2. The van der Waals surface area contributed by atoms with Crippen LogP contribution >= 0.6 is 15.9 Å². The number of halogens is 1. The molecule has 0 radical (unpaired) electrons. The molecule has 6 heteroatoms. The lowest BCUT2D eigenvalue weighted by Crippen LogP contribution is -2.31. The fraction of sp³-hybridized carbons (Fsp3) is 0.118. The summed E-state index contributed by atoms with van der Waals surface area (Å²) in [5, 5.41) is 0. The monoisotopic (exact) mass is 369 g/mol. The Morgan fingerprint density at radius 2 is 1.91 bits per heavy atom. The molecule has 5 nitrogen and oxygen atoms in total. The van der Waals surface area contributed by atoms with Gasteiger partial charge in [0.25, 0.3) is 5.91 Å². The fourth-order valence-electron chi connectivity index (χ4n) is 2.95. The molecule has 1 unspecified atom stereocenters. The zero-order valence-corrected chi connectivity index (χ0v) is 13.6. The molecule has 2 amide bonds. The molecular formula is C17H12BrN3O2. The van der Waals surface area contributed by atoms with Gasteiger partial charge in [0.05, 0.1) is 29.5 Å². The Bertz CT molecular complexity index is 934. The molecule has 1 aromatic heterocycles. The van der Waals surface area contributed by atoms with Crippen molar-refractivity contribution in [1.29, 1.82) is 0 Å². The minimum Gasteiger partial charge on any atom is -0.317 e. The van der Waals surface area contributed by atoms with Gasteiger partial charge in [0.15, 0.2) is 0 Å². The van der Waals surface area contributed by atoms with Gasteiger partial charge in [0.1, 0.15) is 6.04 Å². The lowest BCUT2D eigenvalue weighted by atomic mass is 10.2. The number of carbonyl (C=O) groups is 2. The molecule has 0 bridgehead atoms. The van der Waals surface area contributed by atoms with E-state index in [9.17, 15) is 9.59 Å². The van der Waals surface area contributed by atoms with Crippen molar-refractivity contribution in [3.05, 3.63) is 59.3 Å². The number of fused-ring (bicyclic) bond motifs is 1. The van der Waals surface area contributed by atoms with E-state index in [2.05, 4.69) is 20.9 Å². The van der Waals surface area contributed by atoms with Crippen molar-refractivity contribution < 1.29 is 9.59 Å². The number of carbonyl (C=O) groups excluding carboxylic acids is 2. The lowest BCUT2D eigenvalue weighted by molar-refractivity contribution is -0.122. The number of anilines is 1. The van der Waals surface area contributed by atoms with Crippen molar-refractivity contribution in [3.63, 3.8) is 0 Å². The molecule has 2 heterocycles. The van der Waals surface area contributed by atoms with Gasteiger partial charge in [-0.1, -0.05) is 34.1 Å². The highest BCUT2D eigenvalue weighted by Crippen LogP contribution is 2.32. The molecule has 0 spiro atoms. The number of rotatable bonds is 2. The molecule has 2 aromatic carbocycles. The van der Waals surface area contributed by atoms with E-state index in [0.29, 0.717) is 5.69 Å². The average molecular weight is 370 g/mol. The van der Waals surface area contributed by atoms with Gasteiger partial charge in [-0.15, -0.1) is 0 Å². The summed E-state index contributed by atoms with van der Waals surface area (Å²) in [7, 11) is 0. The minimum atomic E-state index is -0.547. The van der Waals surface area contributed by atoms with Crippen molar-refractivity contribution in [3.8, 4) is 0 Å². The van der Waals surface area contributed by atoms with Crippen LogP contribution in [0.1, 0.15) is 12.5 Å². The number of nitrogens with zero attached hydrogens (tertiary/aromatic N) is 3. The first-order valence-electron chi connectivity index (χ1n) is 7.19. The standard InChI is InChI=1S/C17H12BrN3O2/c18-11-4-3-5-12(8-11)21-16(22)9-15(17(21)23)20-10-19-13-6-1-2-7-14(13)20/h1-8,10,15H,9H2. The average Bonchev–Trinajstić information content (AvgIpc) is 3.08. The first-order valence-corrected chi connectivity index (χ1v) is 7.98. The van der Waals surface area contributed by atoms with Crippen LogP contribution < -0.4 is 4.90 Å². The summed E-state index contributed by atoms with van der Waals surface area (Å²) in [6.45, 7) is 0. The highest BCUT2D eigenvalue weighted by Gasteiger charge is 2.41. The van der Waals surface area contributed by atoms with Crippen LogP contribution in [0, 0.1) is 0 Å². The molecule has 0 N–H and O–H groups in total. The second-order valence-corrected chi connectivity index (χ2v) is 6.32. The number of para-hydroxylation sites is 2. The molecule has 1 atom stereocenters. The van der Waals surface area contributed by atoms with Gasteiger partial charge in [-0.05, 0) is 30.3 Å². The maximum atomic E-state index is 12.8. The van der Waals surface area contributed by atoms with E-state index in [1.807, 2.05) is 30.3 Å². The van der Waals surface area contributed by atoms with E-state index in [1.54, 1.807) is 29.1 Å². The van der Waals surface area contributed by atoms with E-state index >= 15 is 0 Å². The third kappa shape index (κ3) is 2.26. The van der Waals surface area contributed by atoms with Crippen LogP contribution in [-0.2, 0) is 9.59 Å². The van der Waals surface area contributed by atoms with Gasteiger partial charge in [-0.3, -0.25) is 9.59 Å². The largest absolute Gasteiger partial charge is 0.317 e. The first kappa shape index (κ1) is 14.1. The Balaban J connectivity index is 1.75. The van der Waals surface area contributed by atoms with Crippen LogP contribution in [0.15, 0.2) is 59.3 Å². The summed E-state index contributed by atoms with van der Waals surface area (Å²) in [4.78, 5) is 30.8. The lowest BCUT2D eigenvalue weighted by Gasteiger charge is -2.16. The number of hydrogen-bond acceptors (Lipinski definition) is 3. The maximum Gasteiger partial charge on any atom is 0.257 e. The molecule has 1 aliphatic rings. The second-order valence-electron chi connectivity index (χ2n) is 5.41. The predicted octanol–water partition coefficient (Wildman–Crippen LogP) is 3.30. The minimum absolute atomic E-state index is 0.145. The van der Waals surface area contributed by atoms with Gasteiger partial charge in [0, 0.05) is 4.47 Å². The summed E-state index contributed by atoms with van der Waals surface area (Å²) in [6, 6.07) is 14.2. The highest BCUT2D eigenvalue weighted by molar-refractivity contribution is 9.10. The topological polar surface area (TPSA) is 55.2 Å². The number of hydrogen-bond donors (Lipinski definition) is 0. The van der Waals surface area contributed by atoms with Crippen LogP contribution in [0.25, 0.3) is 11.0 Å². The molecule has 0 saturated carbocycles. The third-order valence-electron chi connectivity index (χ3n) is 4.01. The summed E-state index contributed by atoms with van der Waals surface area (Å²) in [5.41, 5.74) is 2.25. The Kier molecular flexibility index (Phi) is 3.27. The summed E-state index contributed by atoms with van der Waals surface area (Å²) in [5.74, 6) is -0.424. The quantitative estimate of drug-likeness (QED) is 0.651. The fourth-order valence-corrected chi connectivity index (χ4v) is 3.33. The van der Waals surface area contributed by atoms with E-state index in [0.717, 1.165) is 15.5 Å². The van der Waals surface area contributed by atoms with Gasteiger partial charge >= 0.3 is 0 Å². The van der Waals surface area contributed by atoms with E-state index in [4.69, 9.17) is 0 Å². The zero-order chi connectivity index (χ0) is 16.0. The predicted molar refractivity (Wildman–Crippen MR) is 90.0 cm³/mol. The number of imidazole rings is 1. The molecule has 1 fully saturated rings. The Labute approximate surface area is 140 Å². The van der Waals surface area contributed by atoms with Crippen LogP contribution in [0.5, 0.6) is 0 Å². The van der Waals surface area contributed by atoms with Gasteiger partial charge in [-0.25, -0.2) is 9.88 Å². The molecule has 3 aromatic rings. The van der Waals surface area contributed by atoms with E-state index < -0.39 is 6.04 Å². The van der Waals surface area contributed by atoms with Crippen LogP contribution in [0.3, 0.4) is 0 Å². The molecular weight excluding hydrogens is 358 g/mol. The van der Waals surface area contributed by atoms with E-state index in [1.165, 1.54) is 4.90 Å². The molecule has 1 saturated heterocycles. The summed E-state index contributed by atoms with van der Waals surface area (Å²) in [6.07, 6.45) is 1.77. The number of amides is 2. The summed E-state index contributed by atoms with van der Waals surface area (Å²) >= 11 is 3.37. The second kappa shape index (κ2) is 5.31. The normalized spacial score (nSPS) is 18.1. The van der Waals surface area contributed by atoms with Gasteiger partial charge < -0.3 is 4.57 Å². The Hall–Kier alpha value is -2.47. The van der Waals surface area contributed by atoms with E-state index in [-0.39, 0.29) is 18.2 Å². The first-order chi connectivity index (χ1) is 11.1. The molecule has 4 rings (SSSR count). The van der Waals surface area contributed by atoms with Crippen LogP contribution in [0.2, 0.25) is 0 Å². The highest BCUT2D eigenvalue weighted by atomic mass is 79.9. The molecule has 0 aliphatic carbocycles. The zero-order valence-electron chi connectivity index (χ0n) is 12.0. The number of imide groups is 1. The Morgan fingerprint density at radius 1 is 1.09 bits per heavy atom. The van der Waals surface area contributed by atoms with Crippen molar-refractivity contribution in [2.45, 2.75) is 12.5 Å². The number of benzene rings is 2. The van der Waals surface area contributed by atoms with Crippen LogP contribution in [-0.4, -0.2) is 21.4 Å². The summed E-state index contributed by atoms with van der Waals surface area (Å²) < 4.78 is 2.61. The smallest absolute Gasteiger partial charge is 0.257 e. The van der Waals surface area contributed by atoms with Crippen molar-refractivity contribution in [1.82, 2.24) is 9.55 Å². The Morgan fingerprint density at radius 3 is 2.74 bits per heavy atom.